The molecular weight excluding hydrogens is 456 g/mol. The number of nitrogens with zero attached hydrogens (tertiary/aromatic N) is 3. The van der Waals surface area contributed by atoms with Crippen LogP contribution in [0, 0.1) is 0 Å². The molecule has 4 aromatic rings. The van der Waals surface area contributed by atoms with Gasteiger partial charge in [0, 0.05) is 29.9 Å². The Morgan fingerprint density at radius 1 is 1.12 bits per heavy atom. The highest BCUT2D eigenvalue weighted by Crippen LogP contribution is 2.35. The molecule has 0 aliphatic rings. The number of aromatic nitrogens is 2. The number of ether oxygens (including phenoxy) is 1. The molecule has 1 N–H and O–H groups in total. The van der Waals surface area contributed by atoms with E-state index in [0.717, 1.165) is 23.5 Å². The van der Waals surface area contributed by atoms with Crippen LogP contribution in [0.1, 0.15) is 26.6 Å². The number of thiazole rings is 1. The molecule has 33 heavy (non-hydrogen) atoms. The van der Waals surface area contributed by atoms with Gasteiger partial charge in [-0.15, -0.1) is 22.7 Å². The van der Waals surface area contributed by atoms with Gasteiger partial charge in [0.25, 0.3) is 0 Å². The van der Waals surface area contributed by atoms with Crippen molar-refractivity contribution in [3.8, 4) is 0 Å². The van der Waals surface area contributed by atoms with Crippen molar-refractivity contribution >= 4 is 56.5 Å². The summed E-state index contributed by atoms with van der Waals surface area (Å²) in [6.45, 7) is 1.34. The van der Waals surface area contributed by atoms with E-state index in [-0.39, 0.29) is 5.91 Å². The van der Waals surface area contributed by atoms with Crippen molar-refractivity contribution in [3.05, 3.63) is 81.3 Å². The van der Waals surface area contributed by atoms with Crippen molar-refractivity contribution < 1.29 is 14.3 Å². The van der Waals surface area contributed by atoms with Gasteiger partial charge in [0.15, 0.2) is 0 Å². The second-order valence-electron chi connectivity index (χ2n) is 7.34. The fourth-order valence-electron chi connectivity index (χ4n) is 3.29. The minimum Gasteiger partial charge on any atom is -0.465 e. The van der Waals surface area contributed by atoms with Gasteiger partial charge in [-0.3, -0.25) is 9.69 Å². The van der Waals surface area contributed by atoms with E-state index in [4.69, 9.17) is 9.72 Å². The summed E-state index contributed by atoms with van der Waals surface area (Å²) < 4.78 is 4.93. The van der Waals surface area contributed by atoms with E-state index in [1.54, 1.807) is 17.4 Å². The second-order valence-corrected chi connectivity index (χ2v) is 9.06. The maximum atomic E-state index is 12.6. The highest BCUT2D eigenvalue weighted by Gasteiger charge is 2.21. The van der Waals surface area contributed by atoms with Crippen LogP contribution >= 0.6 is 22.7 Å². The van der Waals surface area contributed by atoms with Gasteiger partial charge >= 0.3 is 5.97 Å². The van der Waals surface area contributed by atoms with Gasteiger partial charge in [-0.05, 0) is 30.8 Å². The van der Waals surface area contributed by atoms with Gasteiger partial charge in [-0.1, -0.05) is 30.3 Å². The number of anilines is 1. The zero-order chi connectivity index (χ0) is 23.2. The highest BCUT2D eigenvalue weighted by atomic mass is 32.1. The van der Waals surface area contributed by atoms with E-state index >= 15 is 0 Å². The molecule has 0 atom stereocenters. The molecule has 0 unspecified atom stereocenters. The maximum absolute atomic E-state index is 12.6. The number of nitrogens with one attached hydrogen (secondary N) is 1. The number of hydrogen-bond acceptors (Lipinski definition) is 8. The highest BCUT2D eigenvalue weighted by molar-refractivity contribution is 7.21. The third-order valence-corrected chi connectivity index (χ3v) is 6.52. The third kappa shape index (κ3) is 5.70. The number of rotatable bonds is 8. The van der Waals surface area contributed by atoms with Gasteiger partial charge in [-0.2, -0.15) is 0 Å². The van der Waals surface area contributed by atoms with Crippen molar-refractivity contribution in [1.82, 2.24) is 14.9 Å². The molecule has 9 heteroatoms. The first-order chi connectivity index (χ1) is 16.0. The van der Waals surface area contributed by atoms with Crippen LogP contribution in [0.2, 0.25) is 0 Å². The van der Waals surface area contributed by atoms with Crippen molar-refractivity contribution in [2.24, 2.45) is 0 Å². The van der Waals surface area contributed by atoms with Gasteiger partial charge in [-0.25, -0.2) is 14.8 Å². The van der Waals surface area contributed by atoms with Crippen LogP contribution in [-0.4, -0.2) is 40.9 Å². The van der Waals surface area contributed by atoms with E-state index in [1.165, 1.54) is 24.5 Å². The normalized spacial score (nSPS) is 11.4. The van der Waals surface area contributed by atoms with Crippen LogP contribution in [0.4, 0.5) is 5.69 Å². The summed E-state index contributed by atoms with van der Waals surface area (Å²) in [5.74, 6) is -0.849. The topological polar surface area (TPSA) is 84.4 Å². The number of thiophene rings is 1. The first-order valence-corrected chi connectivity index (χ1v) is 11.9. The molecule has 168 valence electrons. The van der Waals surface area contributed by atoms with Gasteiger partial charge in [0.2, 0.25) is 5.91 Å². The molecule has 1 aromatic carbocycles. The number of methoxy groups -OCH3 is 1. The number of hydrogen-bond donors (Lipinski definition) is 1. The van der Waals surface area contributed by atoms with Crippen LogP contribution in [0.3, 0.4) is 0 Å². The van der Waals surface area contributed by atoms with Crippen LogP contribution < -0.4 is 5.32 Å². The van der Waals surface area contributed by atoms with Gasteiger partial charge in [0.05, 0.1) is 29.7 Å². The lowest BCUT2D eigenvalue weighted by atomic mass is 10.2. The molecule has 0 aliphatic carbocycles. The number of pyridine rings is 1. The molecule has 0 radical (unpaired) electrons. The standard InChI is InChI=1S/C24H22N4O3S2/c1-28(13-18-14-32-15-25-18)12-17-9-10-19-21(22(24(30)31-2)33-23(19)26-17)27-20(29)11-8-16-6-4-3-5-7-16/h3-11,14-15H,12-13H2,1-2H3,(H,27,29)/b11-8+. The van der Waals surface area contributed by atoms with E-state index < -0.39 is 5.97 Å². The third-order valence-electron chi connectivity index (χ3n) is 4.81. The van der Waals surface area contributed by atoms with E-state index in [9.17, 15) is 9.59 Å². The minimum atomic E-state index is -0.512. The Labute approximate surface area is 199 Å². The number of amides is 1. The van der Waals surface area contributed by atoms with Crippen molar-refractivity contribution in [3.63, 3.8) is 0 Å². The zero-order valence-corrected chi connectivity index (χ0v) is 19.8. The Hall–Kier alpha value is -3.40. The molecule has 0 fully saturated rings. The molecule has 4 rings (SSSR count). The van der Waals surface area contributed by atoms with Gasteiger partial charge in [0.1, 0.15) is 9.71 Å². The molecule has 0 aliphatic heterocycles. The Kier molecular flexibility index (Phi) is 7.23. The summed E-state index contributed by atoms with van der Waals surface area (Å²) in [4.78, 5) is 37.1. The Balaban J connectivity index is 1.56. The largest absolute Gasteiger partial charge is 0.465 e. The summed E-state index contributed by atoms with van der Waals surface area (Å²) in [5, 5.41) is 5.56. The number of fused-ring (bicyclic) bond motifs is 1. The molecule has 0 saturated heterocycles. The zero-order valence-electron chi connectivity index (χ0n) is 18.1. The van der Waals surface area contributed by atoms with Crippen LogP contribution in [-0.2, 0) is 22.6 Å². The Morgan fingerprint density at radius 2 is 1.91 bits per heavy atom. The van der Waals surface area contributed by atoms with Crippen LogP contribution in [0.15, 0.2) is 59.4 Å². The van der Waals surface area contributed by atoms with Crippen molar-refractivity contribution in [2.45, 2.75) is 13.1 Å². The van der Waals surface area contributed by atoms with Gasteiger partial charge < -0.3 is 10.1 Å². The number of esters is 1. The fraction of sp³-hybridized carbons (Fsp3) is 0.167. The molecule has 0 saturated carbocycles. The van der Waals surface area contributed by atoms with E-state index in [2.05, 4.69) is 15.2 Å². The SMILES string of the molecule is COC(=O)c1sc2nc(CN(C)Cc3cscn3)ccc2c1NC(=O)/C=C/c1ccccc1. The Morgan fingerprint density at radius 3 is 2.64 bits per heavy atom. The first kappa shape index (κ1) is 22.8. The quantitative estimate of drug-likeness (QED) is 0.289. The maximum Gasteiger partial charge on any atom is 0.350 e. The molecule has 0 bridgehead atoms. The molecule has 0 spiro atoms. The smallest absolute Gasteiger partial charge is 0.350 e. The van der Waals surface area contributed by atoms with Crippen molar-refractivity contribution in [1.29, 1.82) is 0 Å². The number of carbonyl (C=O) groups excluding carboxylic acids is 2. The fourth-order valence-corrected chi connectivity index (χ4v) is 4.91. The molecule has 7 nitrogen and oxygen atoms in total. The summed E-state index contributed by atoms with van der Waals surface area (Å²) in [6, 6.07) is 13.3. The minimum absolute atomic E-state index is 0.314. The number of carbonyl (C=O) groups is 2. The summed E-state index contributed by atoms with van der Waals surface area (Å²) >= 11 is 2.78. The van der Waals surface area contributed by atoms with Crippen LogP contribution in [0.5, 0.6) is 0 Å². The lowest BCUT2D eigenvalue weighted by molar-refractivity contribution is -0.111. The first-order valence-electron chi connectivity index (χ1n) is 10.1. The average Bonchev–Trinajstić information content (AvgIpc) is 3.45. The monoisotopic (exact) mass is 478 g/mol. The lowest BCUT2D eigenvalue weighted by Gasteiger charge is -2.14. The predicted octanol–water partition coefficient (Wildman–Crippen LogP) is 4.82. The molecule has 1 amide bonds. The summed E-state index contributed by atoms with van der Waals surface area (Å²) in [6.07, 6.45) is 3.16. The second kappa shape index (κ2) is 10.5. The van der Waals surface area contributed by atoms with Crippen molar-refractivity contribution in [2.75, 3.05) is 19.5 Å². The number of benzene rings is 1. The molecular formula is C24H22N4O3S2. The predicted molar refractivity (Wildman–Crippen MR) is 132 cm³/mol. The van der Waals surface area contributed by atoms with E-state index in [1.807, 2.05) is 60.4 Å². The summed E-state index contributed by atoms with van der Waals surface area (Å²) in [5.41, 5.74) is 5.02. The molecule has 3 heterocycles. The van der Waals surface area contributed by atoms with Crippen LogP contribution in [0.25, 0.3) is 16.3 Å². The molecule has 3 aromatic heterocycles. The van der Waals surface area contributed by atoms with E-state index in [0.29, 0.717) is 27.3 Å². The summed E-state index contributed by atoms with van der Waals surface area (Å²) in [7, 11) is 3.32. The lowest BCUT2D eigenvalue weighted by Crippen LogP contribution is -2.18. The average molecular weight is 479 g/mol. The Bertz CT molecular complexity index is 1280.